The highest BCUT2D eigenvalue weighted by Crippen LogP contribution is 2.42. The molecule has 6 nitrogen and oxygen atoms in total. The van der Waals surface area contributed by atoms with Crippen LogP contribution in [0.4, 0.5) is 0 Å². The maximum Gasteiger partial charge on any atom is 0.316 e. The standard InChI is InChI=1S/C20H26N4O2/c1-3-5-17-15-8-16(18-6-4-7-19(25)24(17)18)13-23(12-15)11-14-9-21-20(26-2)22-10-14/h4,6-7,9-10,15-17H,3,5,8,11-13H2,1-2H3/t15-,16+,17-/m0/s1. The Hall–Kier alpha value is -2.21. The third-order valence-electron chi connectivity index (χ3n) is 5.73. The molecule has 4 heterocycles. The lowest BCUT2D eigenvalue weighted by Crippen LogP contribution is -2.49. The Balaban J connectivity index is 1.59. The van der Waals surface area contributed by atoms with Crippen LogP contribution in [0.3, 0.4) is 0 Å². The van der Waals surface area contributed by atoms with E-state index in [1.54, 1.807) is 13.2 Å². The summed E-state index contributed by atoms with van der Waals surface area (Å²) in [6.45, 7) is 5.04. The zero-order valence-corrected chi connectivity index (χ0v) is 15.5. The molecule has 3 atom stereocenters. The highest BCUT2D eigenvalue weighted by molar-refractivity contribution is 5.19. The lowest BCUT2D eigenvalue weighted by atomic mass is 9.77. The summed E-state index contributed by atoms with van der Waals surface area (Å²) < 4.78 is 7.14. The second-order valence-electron chi connectivity index (χ2n) is 7.48. The predicted octanol–water partition coefficient (Wildman–Crippen LogP) is 2.61. The van der Waals surface area contributed by atoms with E-state index >= 15 is 0 Å². The molecule has 1 fully saturated rings. The lowest BCUT2D eigenvalue weighted by Gasteiger charge is -2.47. The first-order chi connectivity index (χ1) is 12.7. The van der Waals surface area contributed by atoms with E-state index < -0.39 is 0 Å². The molecule has 0 spiro atoms. The van der Waals surface area contributed by atoms with E-state index in [0.29, 0.717) is 23.9 Å². The van der Waals surface area contributed by atoms with E-state index in [1.807, 2.05) is 18.5 Å². The van der Waals surface area contributed by atoms with E-state index in [-0.39, 0.29) is 5.56 Å². The minimum absolute atomic E-state index is 0.160. The monoisotopic (exact) mass is 354 g/mol. The van der Waals surface area contributed by atoms with E-state index in [9.17, 15) is 4.79 Å². The second-order valence-corrected chi connectivity index (χ2v) is 7.48. The van der Waals surface area contributed by atoms with Gasteiger partial charge in [-0.05, 0) is 24.8 Å². The van der Waals surface area contributed by atoms with Crippen LogP contribution in [0.25, 0.3) is 0 Å². The van der Waals surface area contributed by atoms with Crippen LogP contribution in [0.2, 0.25) is 0 Å². The molecule has 0 aliphatic carbocycles. The minimum Gasteiger partial charge on any atom is -0.467 e. The third-order valence-corrected chi connectivity index (χ3v) is 5.73. The van der Waals surface area contributed by atoms with Gasteiger partial charge in [0.25, 0.3) is 5.56 Å². The second kappa shape index (κ2) is 7.19. The predicted molar refractivity (Wildman–Crippen MR) is 99.4 cm³/mol. The quantitative estimate of drug-likeness (QED) is 0.826. The topological polar surface area (TPSA) is 60.2 Å². The van der Waals surface area contributed by atoms with Gasteiger partial charge in [-0.15, -0.1) is 0 Å². The van der Waals surface area contributed by atoms with E-state index in [2.05, 4.69) is 32.4 Å². The van der Waals surface area contributed by atoms with Gasteiger partial charge in [0.05, 0.1) is 7.11 Å². The zero-order chi connectivity index (χ0) is 18.1. The summed E-state index contributed by atoms with van der Waals surface area (Å²) in [6.07, 6.45) is 7.03. The largest absolute Gasteiger partial charge is 0.467 e. The average molecular weight is 354 g/mol. The molecular formula is C20H26N4O2. The molecule has 1 saturated heterocycles. The highest BCUT2D eigenvalue weighted by atomic mass is 16.5. The number of nitrogens with zero attached hydrogens (tertiary/aromatic N) is 4. The fourth-order valence-corrected chi connectivity index (χ4v) is 4.72. The van der Waals surface area contributed by atoms with E-state index in [4.69, 9.17) is 4.74 Å². The van der Waals surface area contributed by atoms with Crippen molar-refractivity contribution >= 4 is 0 Å². The van der Waals surface area contributed by atoms with Gasteiger partial charge in [0.2, 0.25) is 0 Å². The molecule has 2 aliphatic heterocycles. The van der Waals surface area contributed by atoms with Gasteiger partial charge >= 0.3 is 6.01 Å². The maximum absolute atomic E-state index is 12.5. The number of methoxy groups -OCH3 is 1. The van der Waals surface area contributed by atoms with Crippen LogP contribution in [-0.4, -0.2) is 39.6 Å². The summed E-state index contributed by atoms with van der Waals surface area (Å²) in [5.74, 6) is 0.954. The van der Waals surface area contributed by atoms with Gasteiger partial charge in [-0.25, -0.2) is 9.97 Å². The van der Waals surface area contributed by atoms with Crippen LogP contribution < -0.4 is 10.3 Å². The maximum atomic E-state index is 12.5. The number of pyridine rings is 1. The molecule has 2 aromatic heterocycles. The molecule has 4 rings (SSSR count). The van der Waals surface area contributed by atoms with Crippen molar-refractivity contribution in [1.82, 2.24) is 19.4 Å². The molecule has 2 bridgehead atoms. The molecule has 0 saturated carbocycles. The van der Waals surface area contributed by atoms with Crippen LogP contribution >= 0.6 is 0 Å². The van der Waals surface area contributed by atoms with Crippen molar-refractivity contribution in [1.29, 1.82) is 0 Å². The molecule has 0 radical (unpaired) electrons. The van der Waals surface area contributed by atoms with Gasteiger partial charge < -0.3 is 9.30 Å². The van der Waals surface area contributed by atoms with E-state index in [1.165, 1.54) is 12.1 Å². The van der Waals surface area contributed by atoms with Crippen LogP contribution in [-0.2, 0) is 6.54 Å². The molecule has 0 unspecified atom stereocenters. The highest BCUT2D eigenvalue weighted by Gasteiger charge is 2.39. The van der Waals surface area contributed by atoms with Gasteiger partial charge in [0.15, 0.2) is 0 Å². The normalized spacial score (nSPS) is 24.9. The van der Waals surface area contributed by atoms with Crippen molar-refractivity contribution in [2.24, 2.45) is 5.92 Å². The SMILES string of the molecule is CCC[C@H]1[C@H]2C[C@H](CN(Cc3cnc(OC)nc3)C2)c2cccc(=O)n21. The van der Waals surface area contributed by atoms with Crippen molar-refractivity contribution in [3.05, 3.63) is 52.2 Å². The molecule has 0 aromatic carbocycles. The Kier molecular flexibility index (Phi) is 4.76. The number of aromatic nitrogens is 3. The van der Waals surface area contributed by atoms with E-state index in [0.717, 1.165) is 38.0 Å². The van der Waals surface area contributed by atoms with Gasteiger partial charge in [0.1, 0.15) is 0 Å². The number of rotatable bonds is 5. The molecule has 6 heteroatoms. The summed E-state index contributed by atoms with van der Waals surface area (Å²) in [6, 6.07) is 6.48. The van der Waals surface area contributed by atoms with Crippen LogP contribution in [0.1, 0.15) is 49.4 Å². The first kappa shape index (κ1) is 17.2. The Bertz CT molecular complexity index is 817. The molecule has 138 valence electrons. The number of ether oxygens (including phenoxy) is 1. The number of hydrogen-bond acceptors (Lipinski definition) is 5. The number of likely N-dealkylation sites (tertiary alicyclic amines) is 1. The van der Waals surface area contributed by atoms with Gasteiger partial charge in [-0.3, -0.25) is 9.69 Å². The minimum atomic E-state index is 0.160. The fourth-order valence-electron chi connectivity index (χ4n) is 4.72. The Labute approximate surface area is 153 Å². The molecule has 0 amide bonds. The molecule has 2 aliphatic rings. The molecular weight excluding hydrogens is 328 g/mol. The van der Waals surface area contributed by atoms with Gasteiger partial charge in [0, 0.05) is 61.3 Å². The smallest absolute Gasteiger partial charge is 0.316 e. The first-order valence-electron chi connectivity index (χ1n) is 9.48. The van der Waals surface area contributed by atoms with Crippen LogP contribution in [0.15, 0.2) is 35.4 Å². The summed E-state index contributed by atoms with van der Waals surface area (Å²) >= 11 is 0. The summed E-state index contributed by atoms with van der Waals surface area (Å²) in [5.41, 5.74) is 2.47. The van der Waals surface area contributed by atoms with Crippen molar-refractivity contribution in [2.75, 3.05) is 20.2 Å². The Morgan fingerprint density at radius 1 is 1.23 bits per heavy atom. The van der Waals surface area contributed by atoms with Gasteiger partial charge in [-0.2, -0.15) is 0 Å². The van der Waals surface area contributed by atoms with Crippen LogP contribution in [0.5, 0.6) is 6.01 Å². The first-order valence-corrected chi connectivity index (χ1v) is 9.48. The number of fused-ring (bicyclic) bond motifs is 4. The third kappa shape index (κ3) is 3.14. The number of hydrogen-bond donors (Lipinski definition) is 0. The van der Waals surface area contributed by atoms with Crippen molar-refractivity contribution in [3.8, 4) is 6.01 Å². The number of piperidine rings is 1. The molecule has 2 aromatic rings. The summed E-state index contributed by atoms with van der Waals surface area (Å²) in [4.78, 5) is 23.5. The fraction of sp³-hybridized carbons (Fsp3) is 0.550. The summed E-state index contributed by atoms with van der Waals surface area (Å²) in [7, 11) is 1.58. The Morgan fingerprint density at radius 3 is 2.77 bits per heavy atom. The van der Waals surface area contributed by atoms with Gasteiger partial charge in [-0.1, -0.05) is 19.4 Å². The average Bonchev–Trinajstić information content (AvgIpc) is 2.66. The molecule has 0 N–H and O–H groups in total. The lowest BCUT2D eigenvalue weighted by molar-refractivity contribution is 0.0816. The summed E-state index contributed by atoms with van der Waals surface area (Å²) in [5, 5.41) is 0. The molecule has 26 heavy (non-hydrogen) atoms. The van der Waals surface area contributed by atoms with Crippen molar-refractivity contribution in [3.63, 3.8) is 0 Å². The van der Waals surface area contributed by atoms with Crippen molar-refractivity contribution < 1.29 is 4.74 Å². The Morgan fingerprint density at radius 2 is 2.04 bits per heavy atom. The zero-order valence-electron chi connectivity index (χ0n) is 15.5. The van der Waals surface area contributed by atoms with Crippen LogP contribution in [0, 0.1) is 5.92 Å². The van der Waals surface area contributed by atoms with Crippen molar-refractivity contribution in [2.45, 2.75) is 44.7 Å².